The second kappa shape index (κ2) is 7.22. The molecule has 0 aliphatic carbocycles. The zero-order valence-electron chi connectivity index (χ0n) is 11.2. The minimum atomic E-state index is -1.07. The summed E-state index contributed by atoms with van der Waals surface area (Å²) in [6, 6.07) is 5.62. The Morgan fingerprint density at radius 1 is 1.25 bits per heavy atom. The lowest BCUT2D eigenvalue weighted by atomic mass is 9.99. The van der Waals surface area contributed by atoms with E-state index in [1.54, 1.807) is 6.92 Å². The van der Waals surface area contributed by atoms with Crippen molar-refractivity contribution in [1.29, 1.82) is 0 Å². The SMILES string of the molecule is CCOC(=O)C(Cc1ccc([N+](=O)[O-])cc1)C(=O)OC. The van der Waals surface area contributed by atoms with Crippen LogP contribution in [0.2, 0.25) is 0 Å². The molecule has 0 N–H and O–H groups in total. The van der Waals surface area contributed by atoms with Gasteiger partial charge in [0.05, 0.1) is 18.6 Å². The summed E-state index contributed by atoms with van der Waals surface area (Å²) in [7, 11) is 1.18. The number of hydrogen-bond donors (Lipinski definition) is 0. The summed E-state index contributed by atoms with van der Waals surface area (Å²) < 4.78 is 9.38. The maximum absolute atomic E-state index is 11.7. The third-order valence-electron chi connectivity index (χ3n) is 2.64. The van der Waals surface area contributed by atoms with Crippen molar-refractivity contribution in [2.45, 2.75) is 13.3 Å². The van der Waals surface area contributed by atoms with Crippen LogP contribution in [0.15, 0.2) is 24.3 Å². The second-order valence-corrected chi connectivity index (χ2v) is 3.96. The second-order valence-electron chi connectivity index (χ2n) is 3.96. The van der Waals surface area contributed by atoms with Crippen LogP contribution in [0.3, 0.4) is 0 Å². The molecule has 0 aliphatic heterocycles. The van der Waals surface area contributed by atoms with E-state index in [2.05, 4.69) is 4.74 Å². The number of ether oxygens (including phenoxy) is 2. The maximum atomic E-state index is 11.7. The van der Waals surface area contributed by atoms with Crippen LogP contribution in [-0.2, 0) is 25.5 Å². The number of rotatable bonds is 6. The molecule has 0 saturated heterocycles. The van der Waals surface area contributed by atoms with Crippen molar-refractivity contribution in [1.82, 2.24) is 0 Å². The summed E-state index contributed by atoms with van der Waals surface area (Å²) >= 11 is 0. The smallest absolute Gasteiger partial charge is 0.320 e. The van der Waals surface area contributed by atoms with Crippen LogP contribution < -0.4 is 0 Å². The maximum Gasteiger partial charge on any atom is 0.320 e. The lowest BCUT2D eigenvalue weighted by Gasteiger charge is -2.13. The predicted molar refractivity (Wildman–Crippen MR) is 68.9 cm³/mol. The zero-order chi connectivity index (χ0) is 15.1. The molecule has 0 spiro atoms. The molecule has 0 aliphatic rings. The molecule has 0 saturated carbocycles. The fourth-order valence-electron chi connectivity index (χ4n) is 1.64. The molecule has 1 rings (SSSR count). The normalized spacial score (nSPS) is 11.5. The number of non-ortho nitro benzene ring substituents is 1. The van der Waals surface area contributed by atoms with Crippen LogP contribution in [0, 0.1) is 16.0 Å². The summed E-state index contributed by atoms with van der Waals surface area (Å²) in [5, 5.41) is 10.5. The van der Waals surface area contributed by atoms with Crippen LogP contribution in [-0.4, -0.2) is 30.6 Å². The van der Waals surface area contributed by atoms with Gasteiger partial charge in [0.1, 0.15) is 0 Å². The highest BCUT2D eigenvalue weighted by Gasteiger charge is 2.29. The summed E-state index contributed by atoms with van der Waals surface area (Å²) in [6.45, 7) is 1.80. The van der Waals surface area contributed by atoms with E-state index in [9.17, 15) is 19.7 Å². The number of nitro groups is 1. The average Bonchev–Trinajstić information content (AvgIpc) is 2.44. The molecule has 0 aromatic heterocycles. The van der Waals surface area contributed by atoms with Gasteiger partial charge in [-0.25, -0.2) is 0 Å². The highest BCUT2D eigenvalue weighted by molar-refractivity contribution is 5.95. The summed E-state index contributed by atoms with van der Waals surface area (Å²) in [4.78, 5) is 33.3. The molecule has 20 heavy (non-hydrogen) atoms. The minimum Gasteiger partial charge on any atom is -0.468 e. The Kier molecular flexibility index (Phi) is 5.64. The van der Waals surface area contributed by atoms with E-state index < -0.39 is 22.8 Å². The van der Waals surface area contributed by atoms with E-state index in [1.807, 2.05) is 0 Å². The molecule has 0 amide bonds. The highest BCUT2D eigenvalue weighted by atomic mass is 16.6. The van der Waals surface area contributed by atoms with E-state index >= 15 is 0 Å². The number of hydrogen-bond acceptors (Lipinski definition) is 6. The molecule has 1 aromatic carbocycles. The van der Waals surface area contributed by atoms with Crippen molar-refractivity contribution >= 4 is 17.6 Å². The summed E-state index contributed by atoms with van der Waals surface area (Å²) in [6.07, 6.45) is 0.0729. The fourth-order valence-corrected chi connectivity index (χ4v) is 1.64. The highest BCUT2D eigenvalue weighted by Crippen LogP contribution is 2.16. The predicted octanol–water partition coefficient (Wildman–Crippen LogP) is 1.49. The van der Waals surface area contributed by atoms with Crippen molar-refractivity contribution in [3.05, 3.63) is 39.9 Å². The van der Waals surface area contributed by atoms with E-state index in [1.165, 1.54) is 31.4 Å². The molecule has 0 bridgehead atoms. The lowest BCUT2D eigenvalue weighted by molar-refractivity contribution is -0.384. The first-order valence-electron chi connectivity index (χ1n) is 5.97. The van der Waals surface area contributed by atoms with Crippen LogP contribution >= 0.6 is 0 Å². The first kappa shape index (κ1) is 15.6. The first-order valence-corrected chi connectivity index (χ1v) is 5.97. The number of methoxy groups -OCH3 is 1. The lowest BCUT2D eigenvalue weighted by Crippen LogP contribution is -2.29. The Bertz CT molecular complexity index is 496. The number of benzene rings is 1. The molecule has 1 aromatic rings. The van der Waals surface area contributed by atoms with E-state index in [0.717, 1.165) is 0 Å². The van der Waals surface area contributed by atoms with Crippen molar-refractivity contribution in [3.8, 4) is 0 Å². The van der Waals surface area contributed by atoms with Crippen molar-refractivity contribution in [3.63, 3.8) is 0 Å². The topological polar surface area (TPSA) is 95.7 Å². The molecule has 0 radical (unpaired) electrons. The van der Waals surface area contributed by atoms with Gasteiger partial charge < -0.3 is 9.47 Å². The van der Waals surface area contributed by atoms with Gasteiger partial charge in [0, 0.05) is 12.1 Å². The number of nitro benzene ring substituents is 1. The Balaban J connectivity index is 2.86. The Hall–Kier alpha value is -2.44. The number of carbonyl (C=O) groups excluding carboxylic acids is 2. The van der Waals surface area contributed by atoms with Crippen molar-refractivity contribution < 1.29 is 24.0 Å². The largest absolute Gasteiger partial charge is 0.468 e. The van der Waals surface area contributed by atoms with Crippen molar-refractivity contribution in [2.24, 2.45) is 5.92 Å². The third-order valence-corrected chi connectivity index (χ3v) is 2.64. The van der Waals surface area contributed by atoms with Gasteiger partial charge in [-0.05, 0) is 18.9 Å². The Labute approximate surface area is 115 Å². The third kappa shape index (κ3) is 4.04. The molecule has 0 fully saturated rings. The van der Waals surface area contributed by atoms with Gasteiger partial charge in [0.25, 0.3) is 5.69 Å². The van der Waals surface area contributed by atoms with Gasteiger partial charge in [0.15, 0.2) is 5.92 Å². The zero-order valence-corrected chi connectivity index (χ0v) is 11.2. The van der Waals surface area contributed by atoms with Crippen LogP contribution in [0.4, 0.5) is 5.69 Å². The van der Waals surface area contributed by atoms with Gasteiger partial charge in [0.2, 0.25) is 0 Å². The van der Waals surface area contributed by atoms with Gasteiger partial charge in [-0.2, -0.15) is 0 Å². The molecule has 108 valence electrons. The molecule has 1 unspecified atom stereocenters. The molecular formula is C13H15NO6. The molecular weight excluding hydrogens is 266 g/mol. The molecule has 7 nitrogen and oxygen atoms in total. The Morgan fingerprint density at radius 2 is 1.85 bits per heavy atom. The first-order chi connectivity index (χ1) is 9.49. The molecule has 1 atom stereocenters. The number of nitrogens with zero attached hydrogens (tertiary/aromatic N) is 1. The van der Waals surface area contributed by atoms with E-state index in [0.29, 0.717) is 5.56 Å². The van der Waals surface area contributed by atoms with Gasteiger partial charge in [-0.3, -0.25) is 19.7 Å². The van der Waals surface area contributed by atoms with Gasteiger partial charge in [-0.1, -0.05) is 12.1 Å². The average molecular weight is 281 g/mol. The summed E-state index contributed by atoms with van der Waals surface area (Å²) in [5.41, 5.74) is 0.554. The monoisotopic (exact) mass is 281 g/mol. The quantitative estimate of drug-likeness (QED) is 0.339. The van der Waals surface area contributed by atoms with Crippen LogP contribution in [0.25, 0.3) is 0 Å². The Morgan fingerprint density at radius 3 is 2.30 bits per heavy atom. The minimum absolute atomic E-state index is 0.0560. The van der Waals surface area contributed by atoms with Crippen LogP contribution in [0.5, 0.6) is 0 Å². The van der Waals surface area contributed by atoms with Gasteiger partial charge in [-0.15, -0.1) is 0 Å². The van der Waals surface area contributed by atoms with Crippen LogP contribution in [0.1, 0.15) is 12.5 Å². The standard InChI is InChI=1S/C13H15NO6/c1-3-20-13(16)11(12(15)19-2)8-9-4-6-10(7-5-9)14(17)18/h4-7,11H,3,8H2,1-2H3. The number of esters is 2. The summed E-state index contributed by atoms with van der Waals surface area (Å²) in [5.74, 6) is -2.43. The molecule has 7 heteroatoms. The van der Waals surface area contributed by atoms with E-state index in [4.69, 9.17) is 4.74 Å². The molecule has 0 heterocycles. The van der Waals surface area contributed by atoms with Crippen molar-refractivity contribution in [2.75, 3.05) is 13.7 Å². The number of carbonyl (C=O) groups is 2. The van der Waals surface area contributed by atoms with Gasteiger partial charge >= 0.3 is 11.9 Å². The van der Waals surface area contributed by atoms with E-state index in [-0.39, 0.29) is 18.7 Å². The fraction of sp³-hybridized carbons (Fsp3) is 0.385.